The van der Waals surface area contributed by atoms with Crippen molar-refractivity contribution in [2.24, 2.45) is 0 Å². The fraction of sp³-hybridized carbons (Fsp3) is 0.125. The van der Waals surface area contributed by atoms with Gasteiger partial charge in [-0.05, 0) is 48.4 Å². The molecule has 0 saturated heterocycles. The number of carboxylic acid groups (broad SMARTS) is 2. The smallest absolute Gasteiger partial charge is 0.383 e. The molecule has 0 amide bonds. The van der Waals surface area contributed by atoms with Gasteiger partial charge >= 0.3 is 23.1 Å². The molecule has 0 bridgehead atoms. The van der Waals surface area contributed by atoms with Crippen molar-refractivity contribution in [1.29, 1.82) is 0 Å². The largest absolute Gasteiger partial charge is 0.478 e. The molecule has 0 saturated carbocycles. The van der Waals surface area contributed by atoms with Crippen molar-refractivity contribution in [3.63, 3.8) is 0 Å². The minimum Gasteiger partial charge on any atom is -0.478 e. The summed E-state index contributed by atoms with van der Waals surface area (Å²) in [7, 11) is -8.74. The number of sulfonamides is 1. The van der Waals surface area contributed by atoms with Gasteiger partial charge in [0, 0.05) is 17.8 Å². The first kappa shape index (κ1) is 27.7. The standard InChI is InChI=1S/C24H21N3O10S2/c25-13-3-5-15-19(11-13)37-21-16(20(15)14-4-2-12(23(28)29)10-17(14)24(30)31)6-7-18(26)22(21)39(35,36)27-8-1-9-38(32,33)34/h2-7,10-11,27H,1,8-9,25-26H2,(H2-,28,29,30,31,32,33,34)/p+1. The van der Waals surface area contributed by atoms with Gasteiger partial charge in [0.05, 0.1) is 39.4 Å². The van der Waals surface area contributed by atoms with Crippen LogP contribution in [0.4, 0.5) is 11.4 Å². The normalized spacial score (nSPS) is 12.1. The molecule has 0 fully saturated rings. The number of carboxylic acids is 2. The zero-order valence-corrected chi connectivity index (χ0v) is 21.5. The molecule has 15 heteroatoms. The lowest BCUT2D eigenvalue weighted by molar-refractivity contribution is 0.0696. The molecule has 0 unspecified atom stereocenters. The number of benzene rings is 3. The summed E-state index contributed by atoms with van der Waals surface area (Å²) >= 11 is 0. The molecule has 4 aromatic rings. The molecule has 0 spiro atoms. The highest BCUT2D eigenvalue weighted by Crippen LogP contribution is 2.42. The van der Waals surface area contributed by atoms with E-state index < -0.39 is 42.7 Å². The van der Waals surface area contributed by atoms with Crippen molar-refractivity contribution in [3.8, 4) is 11.1 Å². The molecule has 1 heterocycles. The summed E-state index contributed by atoms with van der Waals surface area (Å²) in [6, 6.07) is 10.7. The van der Waals surface area contributed by atoms with Crippen molar-refractivity contribution in [2.75, 3.05) is 23.8 Å². The molecule has 13 nitrogen and oxygen atoms in total. The third kappa shape index (κ3) is 5.61. The molecule has 4 rings (SSSR count). The number of hydrogen-bond donors (Lipinski definition) is 6. The number of hydrogen-bond acceptors (Lipinski definition) is 8. The molecule has 3 aromatic carbocycles. The van der Waals surface area contributed by atoms with Crippen molar-refractivity contribution in [2.45, 2.75) is 11.3 Å². The Morgan fingerprint density at radius 1 is 0.897 bits per heavy atom. The quantitative estimate of drug-likeness (QED) is 0.0554. The fourth-order valence-corrected chi connectivity index (χ4v) is 5.97. The van der Waals surface area contributed by atoms with E-state index in [2.05, 4.69) is 4.72 Å². The topological polar surface area (TPSA) is 238 Å². The molecule has 0 aliphatic heterocycles. The Morgan fingerprint density at radius 2 is 1.59 bits per heavy atom. The van der Waals surface area contributed by atoms with E-state index >= 15 is 0 Å². The number of nitrogens with one attached hydrogen (secondary N) is 1. The summed E-state index contributed by atoms with van der Waals surface area (Å²) in [5, 5.41) is 19.8. The molecular formula is C24H22N3O10S2+. The van der Waals surface area contributed by atoms with Gasteiger partial charge in [-0.25, -0.2) is 27.1 Å². The summed E-state index contributed by atoms with van der Waals surface area (Å²) in [4.78, 5) is 23.2. The molecule has 0 radical (unpaired) electrons. The average Bonchev–Trinajstić information content (AvgIpc) is 2.84. The van der Waals surface area contributed by atoms with Gasteiger partial charge in [-0.3, -0.25) is 4.55 Å². The maximum Gasteiger partial charge on any atom is 0.383 e. The first-order valence-corrected chi connectivity index (χ1v) is 14.2. The molecular weight excluding hydrogens is 554 g/mol. The van der Waals surface area contributed by atoms with E-state index in [4.69, 9.17) is 20.4 Å². The van der Waals surface area contributed by atoms with E-state index in [9.17, 15) is 36.6 Å². The third-order valence-electron chi connectivity index (χ3n) is 5.81. The Hall–Kier alpha value is -4.31. The van der Waals surface area contributed by atoms with Crippen LogP contribution in [0.15, 0.2) is 57.8 Å². The van der Waals surface area contributed by atoms with Crippen molar-refractivity contribution in [1.82, 2.24) is 4.72 Å². The van der Waals surface area contributed by atoms with Gasteiger partial charge in [0.25, 0.3) is 20.1 Å². The van der Waals surface area contributed by atoms with Crippen molar-refractivity contribution in [3.05, 3.63) is 59.7 Å². The van der Waals surface area contributed by atoms with Crippen LogP contribution in [0.2, 0.25) is 0 Å². The second-order valence-electron chi connectivity index (χ2n) is 8.50. The zero-order valence-electron chi connectivity index (χ0n) is 19.9. The van der Waals surface area contributed by atoms with Gasteiger partial charge in [-0.1, -0.05) is 6.07 Å². The van der Waals surface area contributed by atoms with E-state index in [1.807, 2.05) is 0 Å². The summed E-state index contributed by atoms with van der Waals surface area (Å²) in [6.45, 7) is -0.356. The Labute approximate surface area is 221 Å². The van der Waals surface area contributed by atoms with E-state index in [-0.39, 0.29) is 63.1 Å². The highest BCUT2D eigenvalue weighted by molar-refractivity contribution is 7.90. The molecule has 204 valence electrons. The first-order chi connectivity index (χ1) is 18.2. The summed E-state index contributed by atoms with van der Waals surface area (Å²) in [6.07, 6.45) is -0.234. The molecule has 0 aliphatic carbocycles. The third-order valence-corrected chi connectivity index (χ3v) is 8.15. The number of nitrogens with two attached hydrogens (primary N) is 2. The lowest BCUT2D eigenvalue weighted by atomic mass is 9.92. The van der Waals surface area contributed by atoms with Gasteiger partial charge in [0.2, 0.25) is 4.90 Å². The van der Waals surface area contributed by atoms with E-state index in [0.29, 0.717) is 5.39 Å². The van der Waals surface area contributed by atoms with Gasteiger partial charge < -0.3 is 21.7 Å². The second-order valence-corrected chi connectivity index (χ2v) is 11.8. The van der Waals surface area contributed by atoms with Crippen LogP contribution in [-0.2, 0) is 20.1 Å². The van der Waals surface area contributed by atoms with Gasteiger partial charge in [-0.2, -0.15) is 8.42 Å². The Kier molecular flexibility index (Phi) is 7.18. The van der Waals surface area contributed by atoms with Crippen LogP contribution in [0.25, 0.3) is 33.1 Å². The average molecular weight is 577 g/mol. The van der Waals surface area contributed by atoms with Gasteiger partial charge in [0.15, 0.2) is 0 Å². The monoisotopic (exact) mass is 576 g/mol. The SMILES string of the molecule is Nc1ccc2c(-c3ccc(C(=O)O)cc3C(=O)O)c3ccc(N)c(S(=O)(=O)NCCCS(=O)(=O)O)c3[o+]c2c1. The minimum atomic E-state index is -4.43. The maximum atomic E-state index is 13.3. The van der Waals surface area contributed by atoms with Crippen LogP contribution in [0, 0.1) is 0 Å². The zero-order chi connectivity index (χ0) is 28.7. The molecule has 8 N–H and O–H groups in total. The molecule has 0 atom stereocenters. The number of fused-ring (bicyclic) bond motifs is 2. The van der Waals surface area contributed by atoms with Crippen LogP contribution in [0.1, 0.15) is 27.1 Å². The molecule has 39 heavy (non-hydrogen) atoms. The molecule has 1 aromatic heterocycles. The van der Waals surface area contributed by atoms with Crippen LogP contribution >= 0.6 is 0 Å². The summed E-state index contributed by atoms with van der Waals surface area (Å²) in [5.41, 5.74) is 11.5. The fourth-order valence-electron chi connectivity index (χ4n) is 4.13. The van der Waals surface area contributed by atoms with E-state index in [1.54, 1.807) is 6.07 Å². The van der Waals surface area contributed by atoms with Crippen molar-refractivity contribution >= 4 is 65.4 Å². The predicted molar refractivity (Wildman–Crippen MR) is 143 cm³/mol. The Morgan fingerprint density at radius 3 is 2.23 bits per heavy atom. The number of aromatic carboxylic acids is 2. The number of rotatable bonds is 9. The van der Waals surface area contributed by atoms with E-state index in [1.165, 1.54) is 36.4 Å². The van der Waals surface area contributed by atoms with Gasteiger partial charge in [0.1, 0.15) is 0 Å². The highest BCUT2D eigenvalue weighted by Gasteiger charge is 2.33. The van der Waals surface area contributed by atoms with Gasteiger partial charge in [-0.15, -0.1) is 0 Å². The number of carbonyl (C=O) groups is 2. The lowest BCUT2D eigenvalue weighted by Gasteiger charge is -2.12. The Bertz CT molecular complexity index is 1890. The van der Waals surface area contributed by atoms with Crippen LogP contribution in [-0.4, -0.2) is 55.8 Å². The first-order valence-electron chi connectivity index (χ1n) is 11.1. The van der Waals surface area contributed by atoms with Crippen LogP contribution < -0.4 is 16.2 Å². The minimum absolute atomic E-state index is 0.0808. The number of nitrogen functional groups attached to an aromatic ring is 2. The lowest BCUT2D eigenvalue weighted by Crippen LogP contribution is -2.27. The summed E-state index contributed by atoms with van der Waals surface area (Å²) in [5.74, 6) is -3.44. The molecule has 0 aliphatic rings. The number of anilines is 2. The maximum absolute atomic E-state index is 13.3. The predicted octanol–water partition coefficient (Wildman–Crippen LogP) is 2.65. The second kappa shape index (κ2) is 10.1. The highest BCUT2D eigenvalue weighted by atomic mass is 32.2. The summed E-state index contributed by atoms with van der Waals surface area (Å²) < 4.78 is 65.6. The Balaban J connectivity index is 2.04. The van der Waals surface area contributed by atoms with E-state index in [0.717, 1.165) is 6.07 Å². The van der Waals surface area contributed by atoms with Crippen LogP contribution in [0.3, 0.4) is 0 Å². The van der Waals surface area contributed by atoms with Crippen molar-refractivity contribution < 1.29 is 45.6 Å². The van der Waals surface area contributed by atoms with Crippen LogP contribution in [0.5, 0.6) is 0 Å².